The van der Waals surface area contributed by atoms with Crippen molar-refractivity contribution in [2.45, 2.75) is 45.3 Å². The van der Waals surface area contributed by atoms with Gasteiger partial charge in [-0.3, -0.25) is 4.79 Å². The zero-order valence-electron chi connectivity index (χ0n) is 11.7. The second kappa shape index (κ2) is 5.24. The van der Waals surface area contributed by atoms with Crippen LogP contribution in [-0.4, -0.2) is 50.8 Å². The van der Waals surface area contributed by atoms with Gasteiger partial charge in [0.1, 0.15) is 11.6 Å². The normalized spacial score (nSPS) is 22.6. The summed E-state index contributed by atoms with van der Waals surface area (Å²) in [5.74, 6) is -1.16. The molecule has 1 saturated heterocycles. The Labute approximate surface area is 116 Å². The summed E-state index contributed by atoms with van der Waals surface area (Å²) in [4.78, 5) is 24.9. The minimum absolute atomic E-state index is 0.0119. The average Bonchev–Trinajstić information content (AvgIpc) is 2.91. The lowest BCUT2D eigenvalue weighted by molar-refractivity contribution is -0.141. The molecular weight excluding hydrogens is 264 g/mol. The highest BCUT2D eigenvalue weighted by Gasteiger charge is 2.41. The summed E-state index contributed by atoms with van der Waals surface area (Å²) in [7, 11) is 0. The fraction of sp³-hybridized carbons (Fsp3) is 0.615. The lowest BCUT2D eigenvalue weighted by atomic mass is 10.0. The number of carboxylic acids is 1. The van der Waals surface area contributed by atoms with Crippen LogP contribution in [0.3, 0.4) is 0 Å². The first-order chi connectivity index (χ1) is 9.32. The molecule has 0 saturated carbocycles. The van der Waals surface area contributed by atoms with Crippen LogP contribution in [-0.2, 0) is 4.79 Å². The molecule has 1 aliphatic rings. The number of amides is 1. The van der Waals surface area contributed by atoms with Gasteiger partial charge < -0.3 is 19.6 Å². The van der Waals surface area contributed by atoms with Gasteiger partial charge in [-0.2, -0.15) is 0 Å². The monoisotopic (exact) mass is 282 g/mol. The Morgan fingerprint density at radius 3 is 2.65 bits per heavy atom. The molecule has 7 heteroatoms. The Kier molecular flexibility index (Phi) is 3.80. The maximum absolute atomic E-state index is 12.6. The smallest absolute Gasteiger partial charge is 0.326 e. The molecule has 1 fully saturated rings. The van der Waals surface area contributed by atoms with E-state index in [1.165, 1.54) is 4.90 Å². The predicted molar refractivity (Wildman–Crippen MR) is 68.4 cm³/mol. The number of hydrogen-bond acceptors (Lipinski definition) is 5. The Morgan fingerprint density at radius 2 is 2.10 bits per heavy atom. The van der Waals surface area contributed by atoms with Crippen molar-refractivity contribution in [2.24, 2.45) is 0 Å². The number of aliphatic hydroxyl groups excluding tert-OH is 1. The first-order valence-electron chi connectivity index (χ1n) is 6.51. The first kappa shape index (κ1) is 14.5. The molecule has 20 heavy (non-hydrogen) atoms. The first-order valence-corrected chi connectivity index (χ1v) is 6.51. The van der Waals surface area contributed by atoms with E-state index in [9.17, 15) is 14.7 Å². The van der Waals surface area contributed by atoms with Gasteiger partial charge in [0.2, 0.25) is 0 Å². The van der Waals surface area contributed by atoms with Crippen molar-refractivity contribution in [3.63, 3.8) is 0 Å². The number of aromatic nitrogens is 1. The second-order valence-electron chi connectivity index (χ2n) is 5.36. The minimum Gasteiger partial charge on any atom is -0.480 e. The van der Waals surface area contributed by atoms with Gasteiger partial charge >= 0.3 is 5.97 Å². The van der Waals surface area contributed by atoms with Crippen molar-refractivity contribution in [2.75, 3.05) is 6.54 Å². The van der Waals surface area contributed by atoms with Crippen molar-refractivity contribution >= 4 is 11.9 Å². The molecule has 1 aliphatic heterocycles. The fourth-order valence-electron chi connectivity index (χ4n) is 2.46. The van der Waals surface area contributed by atoms with Crippen LogP contribution in [0.5, 0.6) is 0 Å². The summed E-state index contributed by atoms with van der Waals surface area (Å²) >= 11 is 0. The van der Waals surface area contributed by atoms with Crippen LogP contribution >= 0.6 is 0 Å². The lowest BCUT2D eigenvalue weighted by Crippen LogP contribution is -2.41. The molecule has 7 nitrogen and oxygen atoms in total. The highest BCUT2D eigenvalue weighted by atomic mass is 16.5. The molecule has 2 rings (SSSR count). The van der Waals surface area contributed by atoms with Gasteiger partial charge in [-0.25, -0.2) is 4.79 Å². The number of carbonyl (C=O) groups is 2. The fourth-order valence-corrected chi connectivity index (χ4v) is 2.46. The molecule has 1 amide bonds. The summed E-state index contributed by atoms with van der Waals surface area (Å²) in [6, 6.07) is -1.01. The molecule has 1 aromatic heterocycles. The van der Waals surface area contributed by atoms with Gasteiger partial charge in [0.05, 0.1) is 11.8 Å². The van der Waals surface area contributed by atoms with Gasteiger partial charge in [-0.05, 0) is 6.92 Å². The van der Waals surface area contributed by atoms with Crippen molar-refractivity contribution in [1.29, 1.82) is 0 Å². The van der Waals surface area contributed by atoms with Gasteiger partial charge in [0, 0.05) is 18.9 Å². The highest BCUT2D eigenvalue weighted by Crippen LogP contribution is 2.27. The predicted octanol–water partition coefficient (Wildman–Crippen LogP) is 0.766. The van der Waals surface area contributed by atoms with Gasteiger partial charge in [0.25, 0.3) is 5.91 Å². The molecule has 110 valence electrons. The van der Waals surface area contributed by atoms with Crippen LogP contribution in [0.2, 0.25) is 0 Å². The van der Waals surface area contributed by atoms with E-state index in [1.807, 2.05) is 13.8 Å². The molecule has 1 aromatic rings. The van der Waals surface area contributed by atoms with Crippen molar-refractivity contribution in [3.05, 3.63) is 17.0 Å². The number of nitrogens with zero attached hydrogens (tertiary/aromatic N) is 2. The van der Waals surface area contributed by atoms with E-state index in [0.29, 0.717) is 17.0 Å². The molecule has 2 N–H and O–H groups in total. The van der Waals surface area contributed by atoms with Crippen LogP contribution in [0.15, 0.2) is 4.52 Å². The summed E-state index contributed by atoms with van der Waals surface area (Å²) in [5.41, 5.74) is 0.740. The number of aryl methyl sites for hydroxylation is 1. The van der Waals surface area contributed by atoms with E-state index in [1.54, 1.807) is 6.92 Å². The molecule has 0 aliphatic carbocycles. The average molecular weight is 282 g/mol. The Morgan fingerprint density at radius 1 is 1.45 bits per heavy atom. The Hall–Kier alpha value is -1.89. The van der Waals surface area contributed by atoms with Gasteiger partial charge in [-0.15, -0.1) is 0 Å². The summed E-state index contributed by atoms with van der Waals surface area (Å²) in [5, 5.41) is 22.6. The number of hydrogen-bond donors (Lipinski definition) is 2. The third-order valence-corrected chi connectivity index (χ3v) is 3.45. The highest BCUT2D eigenvalue weighted by molar-refractivity contribution is 5.98. The SMILES string of the molecule is Cc1noc(C(C)C)c1C(=O)N1C[C@@H](O)C[C@H]1C(=O)O. The molecule has 2 heterocycles. The van der Waals surface area contributed by atoms with E-state index in [-0.39, 0.29) is 18.9 Å². The largest absolute Gasteiger partial charge is 0.480 e. The quantitative estimate of drug-likeness (QED) is 0.848. The Balaban J connectivity index is 2.36. The molecule has 0 spiro atoms. The molecular formula is C13H18N2O5. The third kappa shape index (κ3) is 2.40. The van der Waals surface area contributed by atoms with E-state index in [0.717, 1.165) is 0 Å². The molecule has 0 radical (unpaired) electrons. The summed E-state index contributed by atoms with van der Waals surface area (Å²) < 4.78 is 5.15. The number of likely N-dealkylation sites (tertiary alicyclic amines) is 1. The number of carbonyl (C=O) groups excluding carboxylic acids is 1. The van der Waals surface area contributed by atoms with Gasteiger partial charge in [0.15, 0.2) is 5.76 Å². The lowest BCUT2D eigenvalue weighted by Gasteiger charge is -2.21. The molecule has 0 bridgehead atoms. The Bertz CT molecular complexity index is 537. The summed E-state index contributed by atoms with van der Waals surface area (Å²) in [6.07, 6.45) is -0.773. The van der Waals surface area contributed by atoms with E-state index in [4.69, 9.17) is 9.63 Å². The number of aliphatic hydroxyl groups is 1. The number of aliphatic carboxylic acids is 1. The van der Waals surface area contributed by atoms with Crippen LogP contribution in [0.25, 0.3) is 0 Å². The third-order valence-electron chi connectivity index (χ3n) is 3.45. The topological polar surface area (TPSA) is 104 Å². The van der Waals surface area contributed by atoms with Crippen molar-refractivity contribution < 1.29 is 24.3 Å². The summed E-state index contributed by atoms with van der Waals surface area (Å²) in [6.45, 7) is 5.39. The van der Waals surface area contributed by atoms with Gasteiger partial charge in [-0.1, -0.05) is 19.0 Å². The van der Waals surface area contributed by atoms with Crippen LogP contribution < -0.4 is 0 Å². The maximum Gasteiger partial charge on any atom is 0.326 e. The number of carboxylic acid groups (broad SMARTS) is 1. The van der Waals surface area contributed by atoms with Crippen LogP contribution in [0.4, 0.5) is 0 Å². The van der Waals surface area contributed by atoms with Crippen LogP contribution in [0.1, 0.15) is 48.0 Å². The van der Waals surface area contributed by atoms with Crippen molar-refractivity contribution in [3.8, 4) is 0 Å². The van der Waals surface area contributed by atoms with Crippen molar-refractivity contribution in [1.82, 2.24) is 10.1 Å². The van der Waals surface area contributed by atoms with Crippen LogP contribution in [0, 0.1) is 6.92 Å². The van der Waals surface area contributed by atoms with E-state index >= 15 is 0 Å². The molecule has 0 unspecified atom stereocenters. The second-order valence-corrected chi connectivity index (χ2v) is 5.36. The number of β-amino-alcohol motifs (C(OH)–C–C–N with tert-alkyl or cyclic N) is 1. The van der Waals surface area contributed by atoms with E-state index in [2.05, 4.69) is 5.16 Å². The molecule has 0 aromatic carbocycles. The number of rotatable bonds is 3. The maximum atomic E-state index is 12.6. The molecule has 2 atom stereocenters. The zero-order chi connectivity index (χ0) is 15.0. The minimum atomic E-state index is -1.12. The standard InChI is InChI=1S/C13H18N2O5/c1-6(2)11-10(7(3)14-20-11)12(17)15-5-8(16)4-9(15)13(18)19/h6,8-9,16H,4-5H2,1-3H3,(H,18,19)/t8-,9-/m0/s1. The zero-order valence-corrected chi connectivity index (χ0v) is 11.7. The van der Waals surface area contributed by atoms with E-state index < -0.39 is 24.0 Å².